The van der Waals surface area contributed by atoms with Crippen molar-refractivity contribution < 1.29 is 18.0 Å². The monoisotopic (exact) mass is 524 g/mol. The average molecular weight is 525 g/mol. The summed E-state index contributed by atoms with van der Waals surface area (Å²) in [5.74, 6) is -0.0632. The highest BCUT2D eigenvalue weighted by molar-refractivity contribution is 6.05. The Morgan fingerprint density at radius 3 is 2.47 bits per heavy atom. The van der Waals surface area contributed by atoms with Gasteiger partial charge in [-0.15, -0.1) is 5.10 Å². The lowest BCUT2D eigenvalue weighted by atomic mass is 10.1. The molecule has 2 heterocycles. The second kappa shape index (κ2) is 10.1. The molecule has 0 saturated heterocycles. The van der Waals surface area contributed by atoms with Crippen molar-refractivity contribution in [2.45, 2.75) is 26.9 Å². The van der Waals surface area contributed by atoms with Crippen molar-refractivity contribution in [2.75, 3.05) is 19.4 Å². The standard InChI is InChI=1S/C26H27F3N8O/c1-15-7-8-18(9-24(15)37-14-23(33-34-37)22-13-30-36(6)16(22)2)25(38)32-21-11-19(26(27,28)29)10-20(12-21)31-17(3)35(4)5/h7-14H,1-6H3,(H,32,38). The fourth-order valence-electron chi connectivity index (χ4n) is 3.65. The van der Waals surface area contributed by atoms with E-state index in [1.807, 2.05) is 20.9 Å². The van der Waals surface area contributed by atoms with Crippen LogP contribution in [0.15, 0.2) is 53.8 Å². The lowest BCUT2D eigenvalue weighted by molar-refractivity contribution is -0.137. The van der Waals surface area contributed by atoms with E-state index >= 15 is 0 Å². The van der Waals surface area contributed by atoms with Crippen LogP contribution in [0.1, 0.15) is 34.1 Å². The van der Waals surface area contributed by atoms with Gasteiger partial charge in [0.2, 0.25) is 0 Å². The maximum absolute atomic E-state index is 13.5. The number of aromatic nitrogens is 5. The van der Waals surface area contributed by atoms with Crippen LogP contribution in [0.4, 0.5) is 24.5 Å². The predicted octanol–water partition coefficient (Wildman–Crippen LogP) is 5.17. The third-order valence-electron chi connectivity index (χ3n) is 6.16. The largest absolute Gasteiger partial charge is 0.416 e. The van der Waals surface area contributed by atoms with Crippen LogP contribution in [0.25, 0.3) is 16.9 Å². The van der Waals surface area contributed by atoms with Crippen LogP contribution in [-0.4, -0.2) is 55.5 Å². The molecule has 2 aromatic heterocycles. The summed E-state index contributed by atoms with van der Waals surface area (Å²) in [5, 5.41) is 15.2. The lowest BCUT2D eigenvalue weighted by Gasteiger charge is -2.14. The molecule has 12 heteroatoms. The highest BCUT2D eigenvalue weighted by Gasteiger charge is 2.31. The number of benzene rings is 2. The Hall–Kier alpha value is -4.48. The van der Waals surface area contributed by atoms with Crippen molar-refractivity contribution in [3.8, 4) is 16.9 Å². The van der Waals surface area contributed by atoms with Crippen molar-refractivity contribution in [2.24, 2.45) is 12.0 Å². The van der Waals surface area contributed by atoms with Crippen molar-refractivity contribution in [1.29, 1.82) is 0 Å². The summed E-state index contributed by atoms with van der Waals surface area (Å²) in [7, 11) is 5.30. The molecule has 0 atom stereocenters. The molecule has 0 spiro atoms. The van der Waals surface area contributed by atoms with Crippen molar-refractivity contribution in [3.63, 3.8) is 0 Å². The number of hydrogen-bond donors (Lipinski definition) is 1. The van der Waals surface area contributed by atoms with E-state index in [-0.39, 0.29) is 16.9 Å². The number of aliphatic imine (C=N–C) groups is 1. The molecule has 0 fully saturated rings. The van der Waals surface area contributed by atoms with Crippen molar-refractivity contribution >= 4 is 23.1 Å². The minimum Gasteiger partial charge on any atom is -0.366 e. The van der Waals surface area contributed by atoms with Crippen LogP contribution in [0.2, 0.25) is 0 Å². The molecule has 9 nitrogen and oxygen atoms in total. The van der Waals surface area contributed by atoms with Crippen LogP contribution in [0.5, 0.6) is 0 Å². The van der Waals surface area contributed by atoms with E-state index in [4.69, 9.17) is 0 Å². The van der Waals surface area contributed by atoms with E-state index in [9.17, 15) is 18.0 Å². The minimum absolute atomic E-state index is 0.0210. The number of nitrogens with one attached hydrogen (secondary N) is 1. The summed E-state index contributed by atoms with van der Waals surface area (Å²) < 4.78 is 43.9. The fraction of sp³-hybridized carbons (Fsp3) is 0.269. The Bertz CT molecular complexity index is 1530. The number of amidine groups is 1. The third kappa shape index (κ3) is 5.58. The maximum atomic E-state index is 13.5. The van der Waals surface area contributed by atoms with E-state index in [0.29, 0.717) is 17.2 Å². The van der Waals surface area contributed by atoms with Gasteiger partial charge in [-0.2, -0.15) is 18.3 Å². The van der Waals surface area contributed by atoms with Gasteiger partial charge in [0.05, 0.1) is 29.3 Å². The van der Waals surface area contributed by atoms with Gasteiger partial charge in [0.1, 0.15) is 11.5 Å². The maximum Gasteiger partial charge on any atom is 0.416 e. The first kappa shape index (κ1) is 26.6. The van der Waals surface area contributed by atoms with E-state index < -0.39 is 17.6 Å². The van der Waals surface area contributed by atoms with Gasteiger partial charge in [0, 0.05) is 43.7 Å². The summed E-state index contributed by atoms with van der Waals surface area (Å²) >= 11 is 0. The average Bonchev–Trinajstić information content (AvgIpc) is 3.45. The Labute approximate surface area is 217 Å². The number of aryl methyl sites for hydroxylation is 2. The number of amides is 1. The molecule has 0 aliphatic carbocycles. The zero-order chi connectivity index (χ0) is 27.8. The van der Waals surface area contributed by atoms with Gasteiger partial charge in [0.15, 0.2) is 0 Å². The van der Waals surface area contributed by atoms with Gasteiger partial charge < -0.3 is 10.2 Å². The van der Waals surface area contributed by atoms with Gasteiger partial charge in [-0.05, 0) is 56.7 Å². The Morgan fingerprint density at radius 1 is 1.11 bits per heavy atom. The van der Waals surface area contributed by atoms with Gasteiger partial charge in [-0.3, -0.25) is 9.48 Å². The second-order valence-corrected chi connectivity index (χ2v) is 9.09. The molecule has 1 N–H and O–H groups in total. The molecule has 0 bridgehead atoms. The molecule has 198 valence electrons. The molecule has 4 rings (SSSR count). The fourth-order valence-corrected chi connectivity index (χ4v) is 3.65. The van der Waals surface area contributed by atoms with Crippen LogP contribution in [-0.2, 0) is 13.2 Å². The summed E-state index contributed by atoms with van der Waals surface area (Å²) in [6.07, 6.45) is -1.17. The smallest absolute Gasteiger partial charge is 0.366 e. The van der Waals surface area contributed by atoms with E-state index in [1.54, 1.807) is 65.9 Å². The van der Waals surface area contributed by atoms with Gasteiger partial charge in [0.25, 0.3) is 5.91 Å². The number of alkyl halides is 3. The summed E-state index contributed by atoms with van der Waals surface area (Å²) in [6, 6.07) is 8.18. The molecule has 0 radical (unpaired) electrons. The molecule has 4 aromatic rings. The number of hydrogen-bond acceptors (Lipinski definition) is 5. The molecule has 0 aliphatic heterocycles. The summed E-state index contributed by atoms with van der Waals surface area (Å²) in [4.78, 5) is 19.0. The molecular weight excluding hydrogens is 497 g/mol. The molecular formula is C26H27F3N8O. The van der Waals surface area contributed by atoms with Gasteiger partial charge in [-0.25, -0.2) is 9.67 Å². The van der Waals surface area contributed by atoms with E-state index in [0.717, 1.165) is 29.0 Å². The van der Waals surface area contributed by atoms with Gasteiger partial charge in [-0.1, -0.05) is 11.3 Å². The Morgan fingerprint density at radius 2 is 1.84 bits per heavy atom. The quantitative estimate of drug-likeness (QED) is 0.287. The topological polar surface area (TPSA) is 93.2 Å². The normalized spacial score (nSPS) is 12.1. The molecule has 1 amide bonds. The summed E-state index contributed by atoms with van der Waals surface area (Å²) in [6.45, 7) is 5.46. The lowest BCUT2D eigenvalue weighted by Crippen LogP contribution is -2.18. The number of anilines is 1. The van der Waals surface area contributed by atoms with Crippen molar-refractivity contribution in [3.05, 3.63) is 71.2 Å². The third-order valence-corrected chi connectivity index (χ3v) is 6.16. The number of halogens is 3. The zero-order valence-electron chi connectivity index (χ0n) is 21.8. The molecule has 0 saturated carbocycles. The highest BCUT2D eigenvalue weighted by Crippen LogP contribution is 2.34. The number of carbonyl (C=O) groups excluding carboxylic acids is 1. The summed E-state index contributed by atoms with van der Waals surface area (Å²) in [5.41, 5.74) is 3.20. The Kier molecular flexibility index (Phi) is 7.07. The van der Waals surface area contributed by atoms with Crippen LogP contribution in [0, 0.1) is 13.8 Å². The second-order valence-electron chi connectivity index (χ2n) is 9.09. The molecule has 38 heavy (non-hydrogen) atoms. The predicted molar refractivity (Wildman–Crippen MR) is 139 cm³/mol. The van der Waals surface area contributed by atoms with E-state index in [2.05, 4.69) is 25.7 Å². The van der Waals surface area contributed by atoms with Crippen molar-refractivity contribution in [1.82, 2.24) is 29.7 Å². The first-order valence-electron chi connectivity index (χ1n) is 11.6. The SMILES string of the molecule is CC(=Nc1cc(NC(=O)c2ccc(C)c(-n3cc(-c4cnn(C)c4C)nn3)c2)cc(C(F)(F)F)c1)N(C)C. The first-order chi connectivity index (χ1) is 17.8. The number of carbonyl (C=O) groups is 1. The molecule has 0 aliphatic rings. The molecule has 0 unspecified atom stereocenters. The number of nitrogens with zero attached hydrogens (tertiary/aromatic N) is 7. The Balaban J connectivity index is 1.65. The highest BCUT2D eigenvalue weighted by atomic mass is 19.4. The van der Waals surface area contributed by atoms with Crippen LogP contribution >= 0.6 is 0 Å². The molecule has 2 aromatic carbocycles. The number of rotatable bonds is 5. The van der Waals surface area contributed by atoms with E-state index in [1.165, 1.54) is 6.07 Å². The first-order valence-corrected chi connectivity index (χ1v) is 11.6. The van der Waals surface area contributed by atoms with Crippen LogP contribution < -0.4 is 5.32 Å². The van der Waals surface area contributed by atoms with Gasteiger partial charge >= 0.3 is 6.18 Å². The minimum atomic E-state index is -4.61. The van der Waals surface area contributed by atoms with Crippen LogP contribution in [0.3, 0.4) is 0 Å². The zero-order valence-corrected chi connectivity index (χ0v) is 21.8.